The largest absolute Gasteiger partial charge is 0.393 e. The molecular formula is C92H86N18O4S4. The van der Waals surface area contributed by atoms with E-state index in [9.17, 15) is 15.0 Å². The molecule has 5 saturated heterocycles. The number of β-amino-alcohol motifs (C(OH)–C–C–N with tert-alkyl or cyclic N) is 1. The molecule has 0 bridgehead atoms. The number of anilines is 4. The molecule has 0 spiro atoms. The molecule has 1 amide bonds. The second kappa shape index (κ2) is 36.3. The number of hydrogen-bond donors (Lipinski definition) is 2. The van der Waals surface area contributed by atoms with Crippen molar-refractivity contribution in [1.82, 2.24) is 69.6 Å². The second-order valence-electron chi connectivity index (χ2n) is 29.5. The number of ether oxygens (including phenoxy) is 1. The van der Waals surface area contributed by atoms with E-state index in [1.165, 1.54) is 27.8 Å². The van der Waals surface area contributed by atoms with Gasteiger partial charge in [-0.1, -0.05) is 146 Å². The predicted molar refractivity (Wildman–Crippen MR) is 477 cm³/mol. The van der Waals surface area contributed by atoms with Gasteiger partial charge in [0.25, 0.3) is 0 Å². The Bertz CT molecular complexity index is 6040. The van der Waals surface area contributed by atoms with Gasteiger partial charge in [-0.3, -0.25) is 29.6 Å². The molecule has 1 atom stereocenters. The predicted octanol–water partition coefficient (Wildman–Crippen LogP) is 17.2. The second-order valence-corrected chi connectivity index (χ2v) is 33.0. The zero-order chi connectivity index (χ0) is 79.5. The molecule has 5 aliphatic rings. The minimum absolute atomic E-state index is 0.222. The van der Waals surface area contributed by atoms with Crippen molar-refractivity contribution in [3.63, 3.8) is 0 Å². The van der Waals surface area contributed by atoms with Gasteiger partial charge < -0.3 is 39.4 Å². The average molecular weight is 1640 g/mol. The summed E-state index contributed by atoms with van der Waals surface area (Å²) in [5, 5.41) is 33.2. The summed E-state index contributed by atoms with van der Waals surface area (Å²) in [7, 11) is 0. The molecule has 592 valence electrons. The Morgan fingerprint density at radius 2 is 0.669 bits per heavy atom. The molecule has 0 radical (unpaired) electrons. The standard InChI is InChI=1S/C27H28N6OS.2C22H20N4OS.C21H18N4OS/c34-23(32-12-6-7-13-32)18-31-14-16-33(17-15-31)26-24-21(20-8-2-1-3-9-20)19-35-27(24)30-25(29-26)22-10-4-5-11-28-22;27-16-9-6-12-26(13-16)21-19-17(15-7-2-1-3-8-15)14-28-22(19)25-20(24-21)18-10-4-5-11-23-18;27-16-9-12-26(13-10-16)21-19-17(15-6-2-1-3-7-15)14-28-22(19)25-20(24-21)18-8-4-5-11-23-18;1-2-6-15(7-3-1)16-14-27-21-18(16)20(25-10-12-26-13-11-25)23-19(24-21)17-8-4-5-9-22-17/h1-5,8-11,19H,6-7,12-18H2;1-5,7-8,10-11,14,16,27H,6,9,12-13H2;1-8,11,14,16,27H,9-10,12-13H2;1-9,14H,10-13H2. The number of piperazine rings is 1. The molecule has 16 aromatic rings. The summed E-state index contributed by atoms with van der Waals surface area (Å²) in [6, 6.07) is 64.8. The number of benzene rings is 4. The molecule has 22 nitrogen and oxygen atoms in total. The number of amides is 1. The van der Waals surface area contributed by atoms with Crippen molar-refractivity contribution in [3.05, 3.63) is 240 Å². The van der Waals surface area contributed by atoms with Gasteiger partial charge in [0, 0.05) is 147 Å². The number of rotatable bonds is 14. The highest BCUT2D eigenvalue weighted by Crippen LogP contribution is 2.45. The number of thiophene rings is 4. The van der Waals surface area contributed by atoms with Crippen LogP contribution in [-0.4, -0.2) is 196 Å². The first kappa shape index (κ1) is 77.4. The zero-order valence-corrected chi connectivity index (χ0v) is 68.3. The molecule has 0 saturated carbocycles. The maximum absolute atomic E-state index is 12.7. The fourth-order valence-electron chi connectivity index (χ4n) is 15.7. The van der Waals surface area contributed by atoms with Crippen LogP contribution in [0.4, 0.5) is 23.3 Å². The first-order chi connectivity index (χ1) is 58.2. The third-order valence-electron chi connectivity index (χ3n) is 21.8. The van der Waals surface area contributed by atoms with Gasteiger partial charge in [-0.15, -0.1) is 45.3 Å². The van der Waals surface area contributed by atoms with Gasteiger partial charge in [0.15, 0.2) is 23.3 Å². The minimum atomic E-state index is -0.323. The molecular weight excluding hydrogens is 1550 g/mol. The number of fused-ring (bicyclic) bond motifs is 4. The highest BCUT2D eigenvalue weighted by molar-refractivity contribution is 7.18. The number of carbonyl (C=O) groups is 1. The molecule has 12 aromatic heterocycles. The van der Waals surface area contributed by atoms with Crippen LogP contribution in [0.3, 0.4) is 0 Å². The van der Waals surface area contributed by atoms with Crippen molar-refractivity contribution in [1.29, 1.82) is 0 Å². The van der Waals surface area contributed by atoms with Crippen LogP contribution in [0.5, 0.6) is 0 Å². The van der Waals surface area contributed by atoms with Crippen molar-refractivity contribution in [3.8, 4) is 90.6 Å². The number of aromatic nitrogens is 12. The fourth-order valence-corrected chi connectivity index (χ4v) is 19.5. The summed E-state index contributed by atoms with van der Waals surface area (Å²) in [6.07, 6.45) is 12.1. The van der Waals surface area contributed by atoms with E-state index in [4.69, 9.17) is 44.6 Å². The van der Waals surface area contributed by atoms with E-state index in [1.807, 2.05) is 114 Å². The number of likely N-dealkylation sites (tertiary alicyclic amines) is 1. The number of aliphatic hydroxyl groups is 2. The average Bonchev–Trinajstić information content (AvgIpc) is 1.58. The van der Waals surface area contributed by atoms with Gasteiger partial charge in [-0.25, -0.2) is 39.9 Å². The molecule has 1 unspecified atom stereocenters. The Morgan fingerprint density at radius 1 is 0.339 bits per heavy atom. The molecule has 21 rings (SSSR count). The first-order valence-corrected chi connectivity index (χ1v) is 43.7. The van der Waals surface area contributed by atoms with E-state index in [0.717, 1.165) is 227 Å². The monoisotopic (exact) mass is 1630 g/mol. The Kier molecular flexibility index (Phi) is 23.8. The lowest BCUT2D eigenvalue weighted by Gasteiger charge is -2.36. The van der Waals surface area contributed by atoms with E-state index < -0.39 is 0 Å². The van der Waals surface area contributed by atoms with Crippen LogP contribution in [0.15, 0.2) is 240 Å². The van der Waals surface area contributed by atoms with Crippen molar-refractivity contribution in [2.45, 2.75) is 50.7 Å². The maximum Gasteiger partial charge on any atom is 0.236 e. The highest BCUT2D eigenvalue weighted by Gasteiger charge is 2.31. The SMILES string of the molecule is O=C(CN1CCN(c2nc(-c3ccccn3)nc3scc(-c4ccccc4)c23)CC1)N1CCCC1.OC1CCCN(c2nc(-c3ccccn3)nc3scc(-c4ccccc4)c23)C1.OC1CCN(c2nc(-c3ccccn3)nc3scc(-c4ccccc4)c23)CC1.c1ccc(-c2csc3nc(-c4ccccn4)nc(N4CCOCC4)c23)cc1. The van der Waals surface area contributed by atoms with Crippen molar-refractivity contribution in [2.75, 3.05) is 118 Å². The van der Waals surface area contributed by atoms with E-state index in [1.54, 1.807) is 70.1 Å². The van der Waals surface area contributed by atoms with Gasteiger partial charge in [0.05, 0.1) is 53.5 Å². The summed E-state index contributed by atoms with van der Waals surface area (Å²) in [6.45, 7) is 11.8. The fraction of sp³-hybridized carbons (Fsp3) is 0.250. The zero-order valence-electron chi connectivity index (χ0n) is 65.0. The van der Waals surface area contributed by atoms with E-state index in [0.29, 0.717) is 36.4 Å². The number of nitrogens with zero attached hydrogens (tertiary/aromatic N) is 18. The molecule has 118 heavy (non-hydrogen) atoms. The van der Waals surface area contributed by atoms with Crippen molar-refractivity contribution < 1.29 is 19.7 Å². The molecule has 26 heteroatoms. The van der Waals surface area contributed by atoms with Gasteiger partial charge >= 0.3 is 0 Å². The van der Waals surface area contributed by atoms with E-state index in [-0.39, 0.29) is 18.1 Å². The number of pyridine rings is 4. The maximum atomic E-state index is 12.7. The quantitative estimate of drug-likeness (QED) is 0.103. The summed E-state index contributed by atoms with van der Waals surface area (Å²) in [5.41, 5.74) is 12.4. The third kappa shape index (κ3) is 17.3. The minimum Gasteiger partial charge on any atom is -0.393 e. The summed E-state index contributed by atoms with van der Waals surface area (Å²) in [5.74, 6) is 6.64. The molecule has 2 N–H and O–H groups in total. The van der Waals surface area contributed by atoms with Gasteiger partial charge in [0.2, 0.25) is 5.91 Å². The molecule has 4 aromatic carbocycles. The van der Waals surface area contributed by atoms with Crippen molar-refractivity contribution >= 4 is 115 Å². The topological polar surface area (TPSA) is 241 Å². The van der Waals surface area contributed by atoms with Crippen LogP contribution in [-0.2, 0) is 9.53 Å². The third-order valence-corrected chi connectivity index (χ3v) is 25.3. The number of carbonyl (C=O) groups excluding carboxylic acids is 1. The van der Waals surface area contributed by atoms with Crippen LogP contribution in [0.2, 0.25) is 0 Å². The Labute approximate surface area is 699 Å². The van der Waals surface area contributed by atoms with Crippen LogP contribution in [0, 0.1) is 0 Å². The molecule has 0 aliphatic carbocycles. The normalized spacial score (nSPS) is 16.0. The Hall–Kier alpha value is -11.9. The lowest BCUT2D eigenvalue weighted by Crippen LogP contribution is -2.50. The van der Waals surface area contributed by atoms with Crippen LogP contribution < -0.4 is 19.6 Å². The van der Waals surface area contributed by atoms with Crippen molar-refractivity contribution in [2.24, 2.45) is 0 Å². The summed E-state index contributed by atoms with van der Waals surface area (Å²) in [4.78, 5) is 87.1. The summed E-state index contributed by atoms with van der Waals surface area (Å²) >= 11 is 6.58. The Balaban J connectivity index is 0.000000109. The molecule has 17 heterocycles. The van der Waals surface area contributed by atoms with E-state index in [2.05, 4.69) is 151 Å². The first-order valence-electron chi connectivity index (χ1n) is 40.2. The number of piperidine rings is 2. The van der Waals surface area contributed by atoms with E-state index >= 15 is 0 Å². The molecule has 5 aliphatic heterocycles. The van der Waals surface area contributed by atoms with Crippen LogP contribution >= 0.6 is 45.3 Å². The smallest absolute Gasteiger partial charge is 0.236 e. The highest BCUT2D eigenvalue weighted by atomic mass is 32.1. The number of aliphatic hydroxyl groups excluding tert-OH is 2. The lowest BCUT2D eigenvalue weighted by molar-refractivity contribution is -0.131. The van der Waals surface area contributed by atoms with Gasteiger partial charge in [0.1, 0.15) is 65.4 Å². The molecule has 5 fully saturated rings. The number of morpholine rings is 1. The number of hydrogen-bond acceptors (Lipinski definition) is 25. The van der Waals surface area contributed by atoms with Gasteiger partial charge in [-0.2, -0.15) is 0 Å². The lowest BCUT2D eigenvalue weighted by atomic mass is 10.0. The van der Waals surface area contributed by atoms with Crippen LogP contribution in [0.25, 0.3) is 131 Å². The van der Waals surface area contributed by atoms with Gasteiger partial charge in [-0.05, 0) is 109 Å². The Morgan fingerprint density at radius 3 is 1.01 bits per heavy atom. The van der Waals surface area contributed by atoms with Crippen LogP contribution in [0.1, 0.15) is 38.5 Å². The summed E-state index contributed by atoms with van der Waals surface area (Å²) < 4.78 is 5.55.